The topological polar surface area (TPSA) is 66.4 Å². The lowest BCUT2D eigenvalue weighted by atomic mass is 10.0. The smallest absolute Gasteiger partial charge is 0.417 e. The molecule has 0 saturated carbocycles. The van der Waals surface area contributed by atoms with E-state index in [4.69, 9.17) is 5.11 Å². The minimum absolute atomic E-state index is 0.441. The molecule has 2 aromatic rings. The molecule has 7 heteroatoms. The van der Waals surface area contributed by atoms with Crippen molar-refractivity contribution in [1.82, 2.24) is 5.32 Å². The van der Waals surface area contributed by atoms with E-state index >= 15 is 0 Å². The Balaban J connectivity index is 2.32. The van der Waals surface area contributed by atoms with Crippen LogP contribution in [0, 0.1) is 6.92 Å². The first kappa shape index (κ1) is 18.5. The molecule has 0 aliphatic carbocycles. The Labute approximate surface area is 142 Å². The van der Waals surface area contributed by atoms with Crippen LogP contribution in [-0.2, 0) is 11.0 Å². The first-order valence-corrected chi connectivity index (χ1v) is 7.44. The number of aliphatic carboxylic acids is 1. The lowest BCUT2D eigenvalue weighted by Gasteiger charge is -2.19. The normalized spacial score (nSPS) is 12.5. The number of carbonyl (C=O) groups is 2. The van der Waals surface area contributed by atoms with Crippen molar-refractivity contribution in [1.29, 1.82) is 0 Å². The number of nitrogens with one attached hydrogen (secondary N) is 1. The van der Waals surface area contributed by atoms with Gasteiger partial charge in [-0.15, -0.1) is 0 Å². The van der Waals surface area contributed by atoms with Crippen LogP contribution >= 0.6 is 0 Å². The summed E-state index contributed by atoms with van der Waals surface area (Å²) in [5.41, 5.74) is -0.166. The SMILES string of the molecule is Cc1ccc([C@@H](CC(=O)O)NC(=O)c2ccccc2C(F)(F)F)cc1. The highest BCUT2D eigenvalue weighted by Gasteiger charge is 2.35. The van der Waals surface area contributed by atoms with Crippen LogP contribution in [-0.4, -0.2) is 17.0 Å². The van der Waals surface area contributed by atoms with E-state index in [-0.39, 0.29) is 0 Å². The number of halogens is 3. The van der Waals surface area contributed by atoms with Crippen molar-refractivity contribution >= 4 is 11.9 Å². The maximum atomic E-state index is 13.0. The summed E-state index contributed by atoms with van der Waals surface area (Å²) >= 11 is 0. The fourth-order valence-electron chi connectivity index (χ4n) is 2.39. The molecule has 25 heavy (non-hydrogen) atoms. The van der Waals surface area contributed by atoms with Crippen molar-refractivity contribution in [2.45, 2.75) is 25.6 Å². The highest BCUT2D eigenvalue weighted by Crippen LogP contribution is 2.32. The highest BCUT2D eigenvalue weighted by molar-refractivity contribution is 5.96. The Kier molecular flexibility index (Phi) is 5.46. The van der Waals surface area contributed by atoms with E-state index in [1.54, 1.807) is 24.3 Å². The van der Waals surface area contributed by atoms with Crippen LogP contribution in [0.2, 0.25) is 0 Å². The van der Waals surface area contributed by atoms with E-state index in [9.17, 15) is 22.8 Å². The van der Waals surface area contributed by atoms with E-state index in [1.165, 1.54) is 12.1 Å². The molecular formula is C18H16F3NO3. The van der Waals surface area contributed by atoms with Crippen LogP contribution in [0.1, 0.15) is 39.5 Å². The van der Waals surface area contributed by atoms with Gasteiger partial charge >= 0.3 is 12.1 Å². The van der Waals surface area contributed by atoms with Gasteiger partial charge in [0, 0.05) is 0 Å². The van der Waals surface area contributed by atoms with Gasteiger partial charge in [-0.2, -0.15) is 13.2 Å². The summed E-state index contributed by atoms with van der Waals surface area (Å²) in [4.78, 5) is 23.4. The second kappa shape index (κ2) is 7.38. The molecule has 1 atom stereocenters. The molecule has 2 N–H and O–H groups in total. The van der Waals surface area contributed by atoms with E-state index in [2.05, 4.69) is 5.32 Å². The zero-order valence-electron chi connectivity index (χ0n) is 13.3. The largest absolute Gasteiger partial charge is 0.481 e. The average Bonchev–Trinajstić information content (AvgIpc) is 2.53. The number of hydrogen-bond acceptors (Lipinski definition) is 2. The van der Waals surface area contributed by atoms with Crippen LogP contribution < -0.4 is 5.32 Å². The molecule has 0 heterocycles. The second-order valence-electron chi connectivity index (χ2n) is 5.58. The van der Waals surface area contributed by atoms with Gasteiger partial charge in [0.1, 0.15) is 0 Å². The molecule has 0 aliphatic heterocycles. The van der Waals surface area contributed by atoms with E-state index in [1.807, 2.05) is 6.92 Å². The van der Waals surface area contributed by atoms with Gasteiger partial charge in [-0.25, -0.2) is 0 Å². The van der Waals surface area contributed by atoms with Crippen LogP contribution in [0.5, 0.6) is 0 Å². The van der Waals surface area contributed by atoms with Crippen LogP contribution in [0.4, 0.5) is 13.2 Å². The van der Waals surface area contributed by atoms with E-state index in [0.717, 1.165) is 17.7 Å². The Bertz CT molecular complexity index is 770. The Morgan fingerprint density at radius 2 is 1.68 bits per heavy atom. The molecule has 4 nitrogen and oxygen atoms in total. The molecule has 0 bridgehead atoms. The first-order chi connectivity index (χ1) is 11.7. The number of alkyl halides is 3. The lowest BCUT2D eigenvalue weighted by Crippen LogP contribution is -2.31. The summed E-state index contributed by atoms with van der Waals surface area (Å²) in [5, 5.41) is 11.4. The van der Waals surface area contributed by atoms with Crippen molar-refractivity contribution in [2.24, 2.45) is 0 Å². The van der Waals surface area contributed by atoms with Crippen molar-refractivity contribution in [2.75, 3.05) is 0 Å². The maximum Gasteiger partial charge on any atom is 0.417 e. The van der Waals surface area contributed by atoms with Gasteiger partial charge in [-0.1, -0.05) is 42.0 Å². The molecule has 0 aliphatic rings. The minimum atomic E-state index is -4.68. The quantitative estimate of drug-likeness (QED) is 0.857. The monoisotopic (exact) mass is 351 g/mol. The minimum Gasteiger partial charge on any atom is -0.481 e. The van der Waals surface area contributed by atoms with Gasteiger partial charge in [-0.3, -0.25) is 9.59 Å². The second-order valence-corrected chi connectivity index (χ2v) is 5.58. The molecule has 1 amide bonds. The number of amides is 1. The fraction of sp³-hybridized carbons (Fsp3) is 0.222. The zero-order valence-corrected chi connectivity index (χ0v) is 13.3. The summed E-state index contributed by atoms with van der Waals surface area (Å²) in [6, 6.07) is 10.2. The third kappa shape index (κ3) is 4.82. The molecule has 0 spiro atoms. The van der Waals surface area contributed by atoms with Gasteiger partial charge in [-0.05, 0) is 24.6 Å². The predicted molar refractivity (Wildman–Crippen MR) is 85.1 cm³/mol. The van der Waals surface area contributed by atoms with Gasteiger partial charge in [0.2, 0.25) is 0 Å². The summed E-state index contributed by atoms with van der Waals surface area (Å²) in [6.45, 7) is 1.84. The van der Waals surface area contributed by atoms with Crippen molar-refractivity contribution < 1.29 is 27.9 Å². The van der Waals surface area contributed by atoms with Crippen LogP contribution in [0.25, 0.3) is 0 Å². The molecular weight excluding hydrogens is 335 g/mol. The Morgan fingerprint density at radius 3 is 2.24 bits per heavy atom. The fourth-order valence-corrected chi connectivity index (χ4v) is 2.39. The Hall–Kier alpha value is -2.83. The number of benzene rings is 2. The maximum absolute atomic E-state index is 13.0. The standard InChI is InChI=1S/C18H16F3NO3/c1-11-6-8-12(9-7-11)15(10-16(23)24)22-17(25)13-4-2-3-5-14(13)18(19,20)21/h2-9,15H,10H2,1H3,(H,22,25)(H,23,24)/t15-/m1/s1. The molecule has 0 saturated heterocycles. The molecule has 2 aromatic carbocycles. The van der Waals surface area contributed by atoms with Crippen LogP contribution in [0.15, 0.2) is 48.5 Å². The lowest BCUT2D eigenvalue weighted by molar-refractivity contribution is -0.139. The molecule has 0 radical (unpaired) electrons. The number of carbonyl (C=O) groups excluding carboxylic acids is 1. The summed E-state index contributed by atoms with van der Waals surface area (Å²) in [6.07, 6.45) is -5.12. The first-order valence-electron chi connectivity index (χ1n) is 7.44. The van der Waals surface area contributed by atoms with Crippen molar-refractivity contribution in [3.8, 4) is 0 Å². The number of hydrogen-bond donors (Lipinski definition) is 2. The third-order valence-electron chi connectivity index (χ3n) is 3.64. The van der Waals surface area contributed by atoms with Crippen molar-refractivity contribution in [3.63, 3.8) is 0 Å². The molecule has 0 unspecified atom stereocenters. The average molecular weight is 351 g/mol. The summed E-state index contributed by atoms with van der Waals surface area (Å²) in [5.74, 6) is -2.14. The van der Waals surface area contributed by atoms with Gasteiger partial charge < -0.3 is 10.4 Å². The number of rotatable bonds is 5. The Morgan fingerprint density at radius 1 is 1.08 bits per heavy atom. The van der Waals surface area contributed by atoms with Gasteiger partial charge in [0.15, 0.2) is 0 Å². The molecule has 0 fully saturated rings. The predicted octanol–water partition coefficient (Wildman–Crippen LogP) is 3.96. The number of carboxylic acid groups (broad SMARTS) is 1. The zero-order chi connectivity index (χ0) is 18.6. The highest BCUT2D eigenvalue weighted by atomic mass is 19.4. The molecule has 132 valence electrons. The molecule has 2 rings (SSSR count). The molecule has 0 aromatic heterocycles. The van der Waals surface area contributed by atoms with E-state index in [0.29, 0.717) is 5.56 Å². The van der Waals surface area contributed by atoms with Crippen molar-refractivity contribution in [3.05, 3.63) is 70.8 Å². The van der Waals surface area contributed by atoms with Gasteiger partial charge in [0.25, 0.3) is 5.91 Å². The number of aryl methyl sites for hydroxylation is 1. The van der Waals surface area contributed by atoms with Gasteiger partial charge in [0.05, 0.1) is 23.6 Å². The summed E-state index contributed by atoms with van der Waals surface area (Å²) < 4.78 is 39.1. The number of carboxylic acids is 1. The van der Waals surface area contributed by atoms with E-state index < -0.39 is 41.6 Å². The third-order valence-corrected chi connectivity index (χ3v) is 3.64. The van der Waals surface area contributed by atoms with Crippen LogP contribution in [0.3, 0.4) is 0 Å². The summed E-state index contributed by atoms with van der Waals surface area (Å²) in [7, 11) is 0.